The molecule has 0 bridgehead atoms. The molecular weight excluding hydrogens is 612 g/mol. The summed E-state index contributed by atoms with van der Waals surface area (Å²) in [6.45, 7) is 4.28. The number of H-pyrrole nitrogens is 1. The number of carbonyl (C=O) groups is 1. The molecule has 3 aromatic heterocycles. The van der Waals surface area contributed by atoms with Crippen LogP contribution in [0.3, 0.4) is 0 Å². The number of carboxylic acids is 1. The summed E-state index contributed by atoms with van der Waals surface area (Å²) in [4.78, 5) is 30.0. The van der Waals surface area contributed by atoms with Gasteiger partial charge in [-0.05, 0) is 69.9 Å². The molecule has 0 saturated carbocycles. The van der Waals surface area contributed by atoms with E-state index in [9.17, 15) is 14.7 Å². The second-order valence-corrected chi connectivity index (χ2v) is 11.1. The minimum atomic E-state index is -0.984. The van der Waals surface area contributed by atoms with Gasteiger partial charge >= 0.3 is 5.97 Å². The van der Waals surface area contributed by atoms with Gasteiger partial charge in [-0.25, -0.2) is 9.78 Å². The first-order valence-electron chi connectivity index (χ1n) is 13.8. The van der Waals surface area contributed by atoms with E-state index in [-0.39, 0.29) is 11.1 Å². The molecule has 0 aliphatic heterocycles. The van der Waals surface area contributed by atoms with Gasteiger partial charge in [-0.2, -0.15) is 5.21 Å². The third-order valence-corrected chi connectivity index (χ3v) is 8.17. The molecule has 10 nitrogen and oxygen atoms in total. The van der Waals surface area contributed by atoms with E-state index in [4.69, 9.17) is 9.40 Å². The molecule has 3 aromatic carbocycles. The van der Waals surface area contributed by atoms with Crippen molar-refractivity contribution in [3.63, 3.8) is 0 Å². The van der Waals surface area contributed by atoms with Crippen molar-refractivity contribution in [3.05, 3.63) is 115 Å². The molecular formula is C32H27BrN6O4. The first-order valence-corrected chi connectivity index (χ1v) is 14.6. The molecule has 0 aliphatic rings. The summed E-state index contributed by atoms with van der Waals surface area (Å²) in [5, 5.41) is 24.2. The largest absolute Gasteiger partial charge is 0.478 e. The number of aromatic amines is 1. The van der Waals surface area contributed by atoms with E-state index >= 15 is 0 Å². The summed E-state index contributed by atoms with van der Waals surface area (Å²) < 4.78 is 8.80. The molecule has 0 unspecified atom stereocenters. The van der Waals surface area contributed by atoms with Crippen molar-refractivity contribution in [2.45, 2.75) is 39.7 Å². The first-order chi connectivity index (χ1) is 20.8. The van der Waals surface area contributed by atoms with E-state index < -0.39 is 5.97 Å². The van der Waals surface area contributed by atoms with Gasteiger partial charge in [-0.1, -0.05) is 49.4 Å². The Balaban J connectivity index is 1.33. The Kier molecular flexibility index (Phi) is 7.73. The number of tetrazole rings is 1. The number of nitrogens with one attached hydrogen (secondary N) is 1. The van der Waals surface area contributed by atoms with Crippen molar-refractivity contribution >= 4 is 32.9 Å². The Bertz CT molecular complexity index is 2000. The lowest BCUT2D eigenvalue weighted by molar-refractivity contribution is 0.0697. The monoisotopic (exact) mass is 638 g/mol. The van der Waals surface area contributed by atoms with Crippen LogP contribution in [0.1, 0.15) is 51.9 Å². The summed E-state index contributed by atoms with van der Waals surface area (Å²) >= 11 is 3.74. The highest BCUT2D eigenvalue weighted by Crippen LogP contribution is 2.38. The fourth-order valence-corrected chi connectivity index (χ4v) is 5.76. The van der Waals surface area contributed by atoms with E-state index in [0.717, 1.165) is 49.9 Å². The average Bonchev–Trinajstić information content (AvgIpc) is 3.66. The van der Waals surface area contributed by atoms with Crippen LogP contribution in [0.25, 0.3) is 33.7 Å². The number of nitrogens with zero attached hydrogens (tertiary/aromatic N) is 5. The lowest BCUT2D eigenvalue weighted by Gasteiger charge is -2.16. The third kappa shape index (κ3) is 5.63. The molecule has 0 spiro atoms. The molecule has 6 rings (SSSR count). The van der Waals surface area contributed by atoms with Gasteiger partial charge in [0.2, 0.25) is 5.82 Å². The van der Waals surface area contributed by atoms with Gasteiger partial charge in [-0.3, -0.25) is 9.36 Å². The van der Waals surface area contributed by atoms with Gasteiger partial charge in [0.25, 0.3) is 5.56 Å². The number of hydrogen-bond acceptors (Lipinski definition) is 7. The number of halogens is 1. The van der Waals surface area contributed by atoms with Crippen LogP contribution in [0.2, 0.25) is 0 Å². The number of carboxylic acid groups (broad SMARTS) is 1. The highest BCUT2D eigenvalue weighted by molar-refractivity contribution is 9.10. The van der Waals surface area contributed by atoms with Crippen LogP contribution < -0.4 is 5.56 Å². The summed E-state index contributed by atoms with van der Waals surface area (Å²) in [7, 11) is 0. The van der Waals surface area contributed by atoms with Gasteiger partial charge in [0.05, 0.1) is 16.6 Å². The predicted molar refractivity (Wildman–Crippen MR) is 165 cm³/mol. The van der Waals surface area contributed by atoms with Crippen molar-refractivity contribution in [3.8, 4) is 22.7 Å². The van der Waals surface area contributed by atoms with Gasteiger partial charge in [0.1, 0.15) is 17.2 Å². The zero-order valence-corrected chi connectivity index (χ0v) is 25.1. The zero-order valence-electron chi connectivity index (χ0n) is 23.5. The summed E-state index contributed by atoms with van der Waals surface area (Å²) in [5.41, 5.74) is 5.65. The van der Waals surface area contributed by atoms with Crippen LogP contribution in [0.15, 0.2) is 80.4 Å². The number of hydrogen-bond donors (Lipinski definition) is 2. The van der Waals surface area contributed by atoms with Crippen molar-refractivity contribution < 1.29 is 14.3 Å². The number of aromatic nitrogens is 6. The standard InChI is InChI=1S/C32H27BrN6O4/c1-3-4-27-34-18(2)24(15-19-5-8-23(9-6-19)32(41)42)31(40)39(27)17-20-7-14-26-25(16-20)28(33)29(43-26)21-10-12-22(13-11-21)30-35-37-38-36-30/h5-14,16H,3-4,15,17H2,1-2H3,(H,41,42)(H,35,36,37,38). The fraction of sp³-hybridized carbons (Fsp3) is 0.188. The molecule has 3 heterocycles. The number of benzene rings is 3. The van der Waals surface area contributed by atoms with Crippen LogP contribution in [0, 0.1) is 6.92 Å². The Labute approximate surface area is 254 Å². The lowest BCUT2D eigenvalue weighted by Crippen LogP contribution is -2.30. The number of fused-ring (bicyclic) bond motifs is 1. The fourth-order valence-electron chi connectivity index (χ4n) is 5.14. The van der Waals surface area contributed by atoms with E-state index in [1.807, 2.05) is 49.4 Å². The molecule has 0 radical (unpaired) electrons. The minimum absolute atomic E-state index is 0.0907. The maximum atomic E-state index is 13.9. The second-order valence-electron chi connectivity index (χ2n) is 10.3. The summed E-state index contributed by atoms with van der Waals surface area (Å²) in [5.74, 6) is 0.970. The molecule has 0 saturated heterocycles. The smallest absolute Gasteiger partial charge is 0.335 e. The second kappa shape index (κ2) is 11.8. The Morgan fingerprint density at radius 3 is 2.42 bits per heavy atom. The first kappa shape index (κ1) is 28.2. The van der Waals surface area contributed by atoms with Crippen LogP contribution >= 0.6 is 15.9 Å². The zero-order chi connectivity index (χ0) is 30.1. The summed E-state index contributed by atoms with van der Waals surface area (Å²) in [6, 6.07) is 20.2. The van der Waals surface area contributed by atoms with E-state index in [2.05, 4.69) is 43.5 Å². The normalized spacial score (nSPS) is 11.3. The van der Waals surface area contributed by atoms with Crippen LogP contribution in [0.4, 0.5) is 0 Å². The molecule has 6 aromatic rings. The van der Waals surface area contributed by atoms with E-state index in [1.165, 1.54) is 0 Å². The molecule has 0 fully saturated rings. The molecule has 216 valence electrons. The van der Waals surface area contributed by atoms with Crippen molar-refractivity contribution in [2.75, 3.05) is 0 Å². The van der Waals surface area contributed by atoms with Gasteiger partial charge in [0, 0.05) is 40.6 Å². The molecule has 43 heavy (non-hydrogen) atoms. The number of aryl methyl sites for hydroxylation is 2. The summed E-state index contributed by atoms with van der Waals surface area (Å²) in [6.07, 6.45) is 1.89. The van der Waals surface area contributed by atoms with Crippen molar-refractivity contribution in [1.82, 2.24) is 30.2 Å². The average molecular weight is 640 g/mol. The number of rotatable bonds is 9. The maximum absolute atomic E-state index is 13.9. The molecule has 11 heteroatoms. The quantitative estimate of drug-likeness (QED) is 0.191. The maximum Gasteiger partial charge on any atom is 0.335 e. The number of aromatic carboxylic acids is 1. The Morgan fingerprint density at radius 1 is 1.02 bits per heavy atom. The minimum Gasteiger partial charge on any atom is -0.478 e. The number of furan rings is 1. The lowest BCUT2D eigenvalue weighted by atomic mass is 10.0. The predicted octanol–water partition coefficient (Wildman–Crippen LogP) is 6.20. The van der Waals surface area contributed by atoms with Crippen LogP contribution in [0.5, 0.6) is 0 Å². The molecule has 0 amide bonds. The highest BCUT2D eigenvalue weighted by atomic mass is 79.9. The van der Waals surface area contributed by atoms with E-state index in [0.29, 0.717) is 42.2 Å². The van der Waals surface area contributed by atoms with Gasteiger partial charge in [-0.15, -0.1) is 10.2 Å². The Morgan fingerprint density at radius 2 is 1.74 bits per heavy atom. The third-order valence-electron chi connectivity index (χ3n) is 7.39. The van der Waals surface area contributed by atoms with Gasteiger partial charge in [0.15, 0.2) is 0 Å². The molecule has 2 N–H and O–H groups in total. The van der Waals surface area contributed by atoms with Crippen LogP contribution in [-0.2, 0) is 19.4 Å². The van der Waals surface area contributed by atoms with Crippen molar-refractivity contribution in [2.24, 2.45) is 0 Å². The SMILES string of the molecule is CCCc1nc(C)c(Cc2ccc(C(=O)O)cc2)c(=O)n1Cc1ccc2oc(-c3ccc(-c4nn[nH]n4)cc3)c(Br)c2c1. The molecule has 0 atom stereocenters. The van der Waals surface area contributed by atoms with Crippen LogP contribution in [-0.4, -0.2) is 41.3 Å². The van der Waals surface area contributed by atoms with Crippen molar-refractivity contribution in [1.29, 1.82) is 0 Å². The highest BCUT2D eigenvalue weighted by Gasteiger charge is 2.18. The van der Waals surface area contributed by atoms with Gasteiger partial charge < -0.3 is 9.52 Å². The topological polar surface area (TPSA) is 140 Å². The van der Waals surface area contributed by atoms with E-state index in [1.54, 1.807) is 28.8 Å². The Hall–Kier alpha value is -4.90. The molecule has 0 aliphatic carbocycles.